The summed E-state index contributed by atoms with van der Waals surface area (Å²) in [6, 6.07) is 3.74. The van der Waals surface area contributed by atoms with Crippen molar-refractivity contribution >= 4 is 5.97 Å². The van der Waals surface area contributed by atoms with Crippen molar-refractivity contribution in [2.24, 2.45) is 5.92 Å². The van der Waals surface area contributed by atoms with Crippen LogP contribution in [-0.2, 0) is 14.3 Å². The van der Waals surface area contributed by atoms with Crippen molar-refractivity contribution in [3.63, 3.8) is 0 Å². The van der Waals surface area contributed by atoms with Crippen LogP contribution in [0.15, 0.2) is 24.3 Å². The summed E-state index contributed by atoms with van der Waals surface area (Å²) < 4.78 is 22.4. The van der Waals surface area contributed by atoms with Crippen molar-refractivity contribution in [2.75, 3.05) is 20.5 Å². The van der Waals surface area contributed by atoms with Gasteiger partial charge in [-0.15, -0.1) is 0 Å². The van der Waals surface area contributed by atoms with Gasteiger partial charge in [0, 0.05) is 17.2 Å². The van der Waals surface area contributed by atoms with Gasteiger partial charge in [-0.25, -0.2) is 4.79 Å². The Kier molecular flexibility index (Phi) is 8.17. The quantitative estimate of drug-likeness (QED) is 0.259. The molecule has 0 saturated heterocycles. The summed E-state index contributed by atoms with van der Waals surface area (Å²) in [4.78, 5) is 11.8. The van der Waals surface area contributed by atoms with Gasteiger partial charge in [0.2, 0.25) is 0 Å². The molecule has 1 aliphatic carbocycles. The number of aryl methyl sites for hydroxylation is 1. The van der Waals surface area contributed by atoms with Crippen LogP contribution in [0, 0.1) is 12.8 Å². The van der Waals surface area contributed by atoms with Crippen LogP contribution >= 0.6 is 0 Å². The van der Waals surface area contributed by atoms with Gasteiger partial charge in [0.15, 0.2) is 6.79 Å². The lowest BCUT2D eigenvalue weighted by atomic mass is 9.90. The third-order valence-corrected chi connectivity index (χ3v) is 4.97. The number of carbonyl (C=O) groups excluding carboxylic acids is 1. The van der Waals surface area contributed by atoms with Gasteiger partial charge in [0.1, 0.15) is 17.6 Å². The fraction of sp³-hybridized carbons (Fsp3) is 0.591. The highest BCUT2D eigenvalue weighted by atomic mass is 16.7. The molecule has 1 aromatic rings. The zero-order valence-electron chi connectivity index (χ0n) is 17.0. The SMILES string of the molecule is C=C(C)C(=O)OC(C)c1cc(C)c(OCOCC2CCCCC2)cc1OC. The third-order valence-electron chi connectivity index (χ3n) is 4.97. The van der Waals surface area contributed by atoms with Gasteiger partial charge in [-0.2, -0.15) is 0 Å². The Balaban J connectivity index is 1.95. The second-order valence-corrected chi connectivity index (χ2v) is 7.32. The zero-order valence-corrected chi connectivity index (χ0v) is 17.0. The van der Waals surface area contributed by atoms with E-state index in [4.69, 9.17) is 18.9 Å². The number of benzene rings is 1. The van der Waals surface area contributed by atoms with E-state index in [0.29, 0.717) is 23.0 Å². The van der Waals surface area contributed by atoms with E-state index in [9.17, 15) is 4.79 Å². The van der Waals surface area contributed by atoms with Crippen molar-refractivity contribution in [3.05, 3.63) is 35.4 Å². The molecule has 1 aliphatic rings. The van der Waals surface area contributed by atoms with Crippen molar-refractivity contribution < 1.29 is 23.7 Å². The Labute approximate surface area is 162 Å². The molecule has 0 aliphatic heterocycles. The minimum atomic E-state index is -0.445. The van der Waals surface area contributed by atoms with E-state index in [1.54, 1.807) is 14.0 Å². The third kappa shape index (κ3) is 6.28. The number of esters is 1. The molecule has 27 heavy (non-hydrogen) atoms. The molecule has 1 fully saturated rings. The molecule has 0 N–H and O–H groups in total. The fourth-order valence-corrected chi connectivity index (χ4v) is 3.34. The Morgan fingerprint density at radius 1 is 1.22 bits per heavy atom. The summed E-state index contributed by atoms with van der Waals surface area (Å²) in [5.74, 6) is 1.56. The minimum Gasteiger partial charge on any atom is -0.496 e. The van der Waals surface area contributed by atoms with Crippen LogP contribution in [-0.4, -0.2) is 26.5 Å². The lowest BCUT2D eigenvalue weighted by molar-refractivity contribution is -0.143. The highest BCUT2D eigenvalue weighted by Gasteiger charge is 2.19. The largest absolute Gasteiger partial charge is 0.496 e. The first-order valence-corrected chi connectivity index (χ1v) is 9.68. The molecule has 2 rings (SSSR count). The Morgan fingerprint density at radius 2 is 1.93 bits per heavy atom. The molecule has 0 amide bonds. The average molecular weight is 376 g/mol. The van der Waals surface area contributed by atoms with Crippen molar-refractivity contribution in [1.29, 1.82) is 0 Å². The fourth-order valence-electron chi connectivity index (χ4n) is 3.34. The van der Waals surface area contributed by atoms with E-state index < -0.39 is 12.1 Å². The van der Waals surface area contributed by atoms with Gasteiger partial charge in [0.25, 0.3) is 0 Å². The van der Waals surface area contributed by atoms with Crippen LogP contribution in [0.2, 0.25) is 0 Å². The molecule has 150 valence electrons. The average Bonchev–Trinajstić information content (AvgIpc) is 2.66. The van der Waals surface area contributed by atoms with Crippen molar-refractivity contribution in [3.8, 4) is 11.5 Å². The van der Waals surface area contributed by atoms with Gasteiger partial charge < -0.3 is 18.9 Å². The maximum absolute atomic E-state index is 11.8. The molecule has 5 nitrogen and oxygen atoms in total. The molecule has 1 saturated carbocycles. The summed E-state index contributed by atoms with van der Waals surface area (Å²) in [5.41, 5.74) is 2.10. The number of carbonyl (C=O) groups is 1. The van der Waals surface area contributed by atoms with Gasteiger partial charge in [-0.1, -0.05) is 25.8 Å². The predicted molar refractivity (Wildman–Crippen MR) is 105 cm³/mol. The predicted octanol–water partition coefficient (Wildman–Crippen LogP) is 5.12. The maximum atomic E-state index is 11.8. The summed E-state index contributed by atoms with van der Waals surface area (Å²) in [7, 11) is 1.59. The molecular weight excluding hydrogens is 344 g/mol. The first-order chi connectivity index (χ1) is 12.9. The smallest absolute Gasteiger partial charge is 0.333 e. The first kappa shape index (κ1) is 21.3. The van der Waals surface area contributed by atoms with Gasteiger partial charge in [0.05, 0.1) is 13.7 Å². The molecule has 0 bridgehead atoms. The zero-order chi connectivity index (χ0) is 19.8. The van der Waals surface area contributed by atoms with Crippen molar-refractivity contribution in [2.45, 2.75) is 59.0 Å². The second kappa shape index (κ2) is 10.4. The summed E-state index contributed by atoms with van der Waals surface area (Å²) >= 11 is 0. The van der Waals surface area contributed by atoms with Crippen LogP contribution in [0.5, 0.6) is 11.5 Å². The highest BCUT2D eigenvalue weighted by Crippen LogP contribution is 2.34. The van der Waals surface area contributed by atoms with E-state index in [2.05, 4.69) is 6.58 Å². The lowest BCUT2D eigenvalue weighted by Gasteiger charge is -2.22. The van der Waals surface area contributed by atoms with Gasteiger partial charge >= 0.3 is 5.97 Å². The van der Waals surface area contributed by atoms with Crippen LogP contribution in [0.25, 0.3) is 0 Å². The van der Waals surface area contributed by atoms with Crippen LogP contribution in [0.4, 0.5) is 0 Å². The highest BCUT2D eigenvalue weighted by molar-refractivity contribution is 5.87. The maximum Gasteiger partial charge on any atom is 0.333 e. The normalized spacial score (nSPS) is 15.9. The van der Waals surface area contributed by atoms with E-state index in [-0.39, 0.29) is 6.79 Å². The molecular formula is C22H32O5. The molecule has 1 unspecified atom stereocenters. The minimum absolute atomic E-state index is 0.222. The van der Waals surface area contributed by atoms with E-state index in [1.165, 1.54) is 32.1 Å². The van der Waals surface area contributed by atoms with Gasteiger partial charge in [-0.05, 0) is 51.2 Å². The summed E-state index contributed by atoms with van der Waals surface area (Å²) in [5, 5.41) is 0. The Morgan fingerprint density at radius 3 is 2.56 bits per heavy atom. The lowest BCUT2D eigenvalue weighted by Crippen LogP contribution is -2.16. The molecule has 0 spiro atoms. The topological polar surface area (TPSA) is 54.0 Å². The van der Waals surface area contributed by atoms with Crippen LogP contribution in [0.3, 0.4) is 0 Å². The van der Waals surface area contributed by atoms with E-state index in [1.807, 2.05) is 26.0 Å². The molecule has 1 atom stereocenters. The molecule has 5 heteroatoms. The van der Waals surface area contributed by atoms with Crippen molar-refractivity contribution in [1.82, 2.24) is 0 Å². The molecule has 0 heterocycles. The summed E-state index contributed by atoms with van der Waals surface area (Å²) in [6.45, 7) is 9.98. The number of ether oxygens (including phenoxy) is 4. The molecule has 0 aromatic heterocycles. The van der Waals surface area contributed by atoms with Crippen LogP contribution < -0.4 is 9.47 Å². The number of hydrogen-bond donors (Lipinski definition) is 0. The van der Waals surface area contributed by atoms with Crippen LogP contribution in [0.1, 0.15) is 63.2 Å². The monoisotopic (exact) mass is 376 g/mol. The number of methoxy groups -OCH3 is 1. The standard InChI is InChI=1S/C22H32O5/c1-15(2)22(23)27-17(4)19-11-16(3)20(12-21(19)24-5)26-14-25-13-18-9-7-6-8-10-18/h11-12,17-18H,1,6-10,13-14H2,2-5H3. The molecule has 1 aromatic carbocycles. The Bertz CT molecular complexity index is 646. The number of rotatable bonds is 9. The second-order valence-electron chi connectivity index (χ2n) is 7.32. The molecule has 0 radical (unpaired) electrons. The van der Waals surface area contributed by atoms with Gasteiger partial charge in [-0.3, -0.25) is 0 Å². The van der Waals surface area contributed by atoms with E-state index >= 15 is 0 Å². The van der Waals surface area contributed by atoms with E-state index in [0.717, 1.165) is 17.7 Å². The number of hydrogen-bond acceptors (Lipinski definition) is 5. The summed E-state index contributed by atoms with van der Waals surface area (Å²) in [6.07, 6.45) is 6.02. The Hall–Kier alpha value is -2.01. The first-order valence-electron chi connectivity index (χ1n) is 9.68.